The fraction of sp³-hybridized carbons (Fsp3) is 0.500. The Kier molecular flexibility index (Phi) is 5.03. The SMILES string of the molecule is CCCNC(CCc1ccnn1C)c1cnccn1. The van der Waals surface area contributed by atoms with Gasteiger partial charge in [0.05, 0.1) is 11.7 Å². The van der Waals surface area contributed by atoms with Crippen molar-refractivity contribution < 1.29 is 0 Å². The van der Waals surface area contributed by atoms with Crippen molar-refractivity contribution in [2.45, 2.75) is 32.2 Å². The highest BCUT2D eigenvalue weighted by molar-refractivity contribution is 5.05. The Morgan fingerprint density at radius 2 is 2.21 bits per heavy atom. The monoisotopic (exact) mass is 259 g/mol. The molecule has 0 spiro atoms. The molecule has 2 aromatic rings. The summed E-state index contributed by atoms with van der Waals surface area (Å²) >= 11 is 0. The van der Waals surface area contributed by atoms with Crippen LogP contribution in [0.1, 0.15) is 37.2 Å². The van der Waals surface area contributed by atoms with E-state index in [0.717, 1.165) is 31.5 Å². The molecule has 0 amide bonds. The number of aryl methyl sites for hydroxylation is 2. The maximum absolute atomic E-state index is 4.41. The van der Waals surface area contributed by atoms with Crippen LogP contribution in [0.4, 0.5) is 0 Å². The van der Waals surface area contributed by atoms with Gasteiger partial charge in [-0.25, -0.2) is 0 Å². The highest BCUT2D eigenvalue weighted by Crippen LogP contribution is 2.16. The number of hydrogen-bond donors (Lipinski definition) is 1. The lowest BCUT2D eigenvalue weighted by molar-refractivity contribution is 0.480. The van der Waals surface area contributed by atoms with Crippen molar-refractivity contribution in [3.8, 4) is 0 Å². The van der Waals surface area contributed by atoms with Gasteiger partial charge in [-0.1, -0.05) is 6.92 Å². The van der Waals surface area contributed by atoms with Crippen molar-refractivity contribution in [3.63, 3.8) is 0 Å². The van der Waals surface area contributed by atoms with Gasteiger partial charge in [-0.05, 0) is 31.9 Å². The first kappa shape index (κ1) is 13.7. The second-order valence-corrected chi connectivity index (χ2v) is 4.62. The number of rotatable bonds is 7. The minimum atomic E-state index is 0.253. The van der Waals surface area contributed by atoms with Crippen molar-refractivity contribution in [1.29, 1.82) is 0 Å². The number of hydrogen-bond acceptors (Lipinski definition) is 4. The van der Waals surface area contributed by atoms with Gasteiger partial charge in [-0.3, -0.25) is 14.6 Å². The van der Waals surface area contributed by atoms with E-state index in [-0.39, 0.29) is 6.04 Å². The molecule has 0 saturated carbocycles. The summed E-state index contributed by atoms with van der Waals surface area (Å²) in [6, 6.07) is 2.32. The van der Waals surface area contributed by atoms with E-state index in [4.69, 9.17) is 0 Å². The van der Waals surface area contributed by atoms with Crippen LogP contribution in [0, 0.1) is 0 Å². The summed E-state index contributed by atoms with van der Waals surface area (Å²) in [6.07, 6.45) is 10.2. The van der Waals surface area contributed by atoms with E-state index < -0.39 is 0 Å². The zero-order chi connectivity index (χ0) is 13.5. The molecule has 2 aromatic heterocycles. The number of nitrogens with one attached hydrogen (secondary N) is 1. The van der Waals surface area contributed by atoms with Gasteiger partial charge >= 0.3 is 0 Å². The molecule has 1 unspecified atom stereocenters. The quantitative estimate of drug-likeness (QED) is 0.825. The molecule has 1 atom stereocenters. The van der Waals surface area contributed by atoms with Crippen LogP contribution in [0.2, 0.25) is 0 Å². The smallest absolute Gasteiger partial charge is 0.0756 e. The molecule has 1 N–H and O–H groups in total. The molecular formula is C14H21N5. The molecule has 5 heteroatoms. The highest BCUT2D eigenvalue weighted by atomic mass is 15.2. The van der Waals surface area contributed by atoms with Gasteiger partial charge in [-0.15, -0.1) is 0 Å². The Bertz CT molecular complexity index is 480. The van der Waals surface area contributed by atoms with Gasteiger partial charge < -0.3 is 5.32 Å². The zero-order valence-electron chi connectivity index (χ0n) is 11.6. The Hall–Kier alpha value is -1.75. The molecule has 0 radical (unpaired) electrons. The zero-order valence-corrected chi connectivity index (χ0v) is 11.6. The lowest BCUT2D eigenvalue weighted by atomic mass is 10.1. The Balaban J connectivity index is 2.00. The first-order valence-electron chi connectivity index (χ1n) is 6.77. The maximum atomic E-state index is 4.41. The summed E-state index contributed by atoms with van der Waals surface area (Å²) in [5.74, 6) is 0. The maximum Gasteiger partial charge on any atom is 0.0756 e. The largest absolute Gasteiger partial charge is 0.309 e. The first-order chi connectivity index (χ1) is 9.31. The summed E-state index contributed by atoms with van der Waals surface area (Å²) in [6.45, 7) is 3.16. The fourth-order valence-electron chi connectivity index (χ4n) is 2.10. The average molecular weight is 259 g/mol. The average Bonchev–Trinajstić information content (AvgIpc) is 2.85. The van der Waals surface area contributed by atoms with Crippen LogP contribution >= 0.6 is 0 Å². The van der Waals surface area contributed by atoms with E-state index in [0.29, 0.717) is 0 Å². The molecule has 0 aromatic carbocycles. The number of aromatic nitrogens is 4. The van der Waals surface area contributed by atoms with E-state index in [9.17, 15) is 0 Å². The van der Waals surface area contributed by atoms with E-state index in [1.807, 2.05) is 24.1 Å². The third-order valence-corrected chi connectivity index (χ3v) is 3.19. The second kappa shape index (κ2) is 6.99. The van der Waals surface area contributed by atoms with E-state index in [1.54, 1.807) is 12.4 Å². The fourth-order valence-corrected chi connectivity index (χ4v) is 2.10. The summed E-state index contributed by atoms with van der Waals surface area (Å²) < 4.78 is 1.92. The van der Waals surface area contributed by atoms with Crippen molar-refractivity contribution in [1.82, 2.24) is 25.1 Å². The van der Waals surface area contributed by atoms with Gasteiger partial charge in [0.15, 0.2) is 0 Å². The summed E-state index contributed by atoms with van der Waals surface area (Å²) in [7, 11) is 1.98. The molecular weight excluding hydrogens is 238 g/mol. The van der Waals surface area contributed by atoms with Gasteiger partial charge in [0.25, 0.3) is 0 Å². The molecule has 19 heavy (non-hydrogen) atoms. The molecule has 0 fully saturated rings. The molecule has 0 saturated heterocycles. The Morgan fingerprint density at radius 1 is 1.32 bits per heavy atom. The van der Waals surface area contributed by atoms with Crippen LogP contribution in [0.15, 0.2) is 30.9 Å². The topological polar surface area (TPSA) is 55.6 Å². The molecule has 0 aliphatic carbocycles. The molecule has 102 valence electrons. The molecule has 0 bridgehead atoms. The van der Waals surface area contributed by atoms with Gasteiger partial charge in [0, 0.05) is 37.5 Å². The van der Waals surface area contributed by atoms with E-state index >= 15 is 0 Å². The van der Waals surface area contributed by atoms with E-state index in [2.05, 4.69) is 33.4 Å². The molecule has 5 nitrogen and oxygen atoms in total. The van der Waals surface area contributed by atoms with Crippen molar-refractivity contribution in [2.24, 2.45) is 7.05 Å². The van der Waals surface area contributed by atoms with Crippen LogP contribution in [0.5, 0.6) is 0 Å². The van der Waals surface area contributed by atoms with Gasteiger partial charge in [0.1, 0.15) is 0 Å². The van der Waals surface area contributed by atoms with Crippen molar-refractivity contribution in [2.75, 3.05) is 6.54 Å². The minimum Gasteiger partial charge on any atom is -0.309 e. The van der Waals surface area contributed by atoms with Gasteiger partial charge in [-0.2, -0.15) is 5.10 Å². The normalized spacial score (nSPS) is 12.5. The predicted molar refractivity (Wildman–Crippen MR) is 74.6 cm³/mol. The van der Waals surface area contributed by atoms with Crippen LogP contribution in [0.25, 0.3) is 0 Å². The third-order valence-electron chi connectivity index (χ3n) is 3.19. The lowest BCUT2D eigenvalue weighted by Crippen LogP contribution is -2.24. The highest BCUT2D eigenvalue weighted by Gasteiger charge is 2.13. The molecule has 0 aliphatic rings. The summed E-state index contributed by atoms with van der Waals surface area (Å²) in [5.41, 5.74) is 2.25. The van der Waals surface area contributed by atoms with E-state index in [1.165, 1.54) is 5.69 Å². The summed E-state index contributed by atoms with van der Waals surface area (Å²) in [5, 5.41) is 7.73. The van der Waals surface area contributed by atoms with Crippen LogP contribution in [-0.4, -0.2) is 26.3 Å². The van der Waals surface area contributed by atoms with Gasteiger partial charge in [0.2, 0.25) is 0 Å². The molecule has 0 aliphatic heterocycles. The Labute approximate surface area is 114 Å². The minimum absolute atomic E-state index is 0.253. The second-order valence-electron chi connectivity index (χ2n) is 4.62. The standard InChI is InChI=1S/C14H21N5/c1-3-7-16-13(14-11-15-9-10-17-14)5-4-12-6-8-18-19(12)2/h6,8-11,13,16H,3-5,7H2,1-2H3. The number of nitrogens with zero attached hydrogens (tertiary/aromatic N) is 4. The first-order valence-corrected chi connectivity index (χ1v) is 6.77. The van der Waals surface area contributed by atoms with Crippen LogP contribution < -0.4 is 5.32 Å². The molecule has 2 heterocycles. The predicted octanol–water partition coefficient (Wildman–Crippen LogP) is 1.88. The van der Waals surface area contributed by atoms with Crippen molar-refractivity contribution in [3.05, 3.63) is 42.2 Å². The molecule has 2 rings (SSSR count). The van der Waals surface area contributed by atoms with Crippen LogP contribution in [0.3, 0.4) is 0 Å². The lowest BCUT2D eigenvalue weighted by Gasteiger charge is -2.17. The summed E-state index contributed by atoms with van der Waals surface area (Å²) in [4.78, 5) is 8.56. The van der Waals surface area contributed by atoms with Crippen LogP contribution in [-0.2, 0) is 13.5 Å². The third kappa shape index (κ3) is 3.86. The Morgan fingerprint density at radius 3 is 2.84 bits per heavy atom. The van der Waals surface area contributed by atoms with Crippen molar-refractivity contribution >= 4 is 0 Å².